The highest BCUT2D eigenvalue weighted by molar-refractivity contribution is 5.94. The number of carbonyl (C=O) groups excluding carboxylic acids is 1. The van der Waals surface area contributed by atoms with Gasteiger partial charge in [0.25, 0.3) is 0 Å². The van der Waals surface area contributed by atoms with Gasteiger partial charge in [-0.2, -0.15) is 0 Å². The zero-order chi connectivity index (χ0) is 22.7. The van der Waals surface area contributed by atoms with Gasteiger partial charge in [0.05, 0.1) is 12.1 Å². The number of aliphatic hydroxyl groups is 1. The largest absolute Gasteiger partial charge is 0.398 e. The first-order chi connectivity index (χ1) is 15.4. The maximum absolute atomic E-state index is 12.2. The minimum Gasteiger partial charge on any atom is -0.398 e. The minimum absolute atomic E-state index is 0.0438. The van der Waals surface area contributed by atoms with E-state index in [1.165, 1.54) is 0 Å². The average molecular weight is 432 g/mol. The Balaban J connectivity index is 1.50. The first-order valence-corrected chi connectivity index (χ1v) is 10.9. The van der Waals surface area contributed by atoms with Gasteiger partial charge in [0.15, 0.2) is 0 Å². The fourth-order valence-electron chi connectivity index (χ4n) is 3.87. The monoisotopic (exact) mass is 431 g/mol. The van der Waals surface area contributed by atoms with Gasteiger partial charge in [-0.15, -0.1) is 0 Å². The SMILES string of the molecule is C[C@@H](Cc1cnccc1NC(=O)C1CC1)C(O)C(N)c1cc(-c2cccnc2)ccc1N. The molecule has 2 heterocycles. The van der Waals surface area contributed by atoms with Crippen molar-refractivity contribution in [1.29, 1.82) is 0 Å². The summed E-state index contributed by atoms with van der Waals surface area (Å²) in [5, 5.41) is 14.1. The molecule has 1 aliphatic carbocycles. The second kappa shape index (κ2) is 9.46. The van der Waals surface area contributed by atoms with E-state index in [0.717, 1.165) is 35.2 Å². The van der Waals surface area contributed by atoms with Crippen molar-refractivity contribution >= 4 is 17.3 Å². The van der Waals surface area contributed by atoms with Crippen LogP contribution in [0.1, 0.15) is 36.9 Å². The van der Waals surface area contributed by atoms with Crippen LogP contribution < -0.4 is 16.8 Å². The van der Waals surface area contributed by atoms with Crippen molar-refractivity contribution in [2.45, 2.75) is 38.3 Å². The highest BCUT2D eigenvalue weighted by Gasteiger charge is 2.30. The molecule has 1 fully saturated rings. The number of nitrogen functional groups attached to an aromatic ring is 1. The first-order valence-electron chi connectivity index (χ1n) is 10.9. The molecule has 1 aliphatic rings. The van der Waals surface area contributed by atoms with Crippen molar-refractivity contribution in [3.63, 3.8) is 0 Å². The molecule has 0 saturated heterocycles. The van der Waals surface area contributed by atoms with Crippen LogP contribution in [0.5, 0.6) is 0 Å². The minimum atomic E-state index is -0.839. The average Bonchev–Trinajstić information content (AvgIpc) is 3.66. The molecule has 2 unspecified atom stereocenters. The Hall–Kier alpha value is -3.29. The molecule has 3 atom stereocenters. The summed E-state index contributed by atoms with van der Waals surface area (Å²) in [6.07, 6.45) is 8.45. The van der Waals surface area contributed by atoms with Crippen molar-refractivity contribution in [3.8, 4) is 11.1 Å². The summed E-state index contributed by atoms with van der Waals surface area (Å²) in [5.41, 5.74) is 17.4. The summed E-state index contributed by atoms with van der Waals surface area (Å²) in [6.45, 7) is 1.94. The zero-order valence-corrected chi connectivity index (χ0v) is 18.1. The van der Waals surface area contributed by atoms with Gasteiger partial charge in [-0.25, -0.2) is 0 Å². The predicted octanol–water partition coefficient (Wildman–Crippen LogP) is 3.31. The zero-order valence-electron chi connectivity index (χ0n) is 18.1. The fraction of sp³-hybridized carbons (Fsp3) is 0.320. The van der Waals surface area contributed by atoms with Gasteiger partial charge in [-0.05, 0) is 71.7 Å². The Morgan fingerprint density at radius 3 is 2.66 bits per heavy atom. The van der Waals surface area contributed by atoms with E-state index >= 15 is 0 Å². The molecule has 7 heteroatoms. The molecule has 4 rings (SSSR count). The Morgan fingerprint density at radius 1 is 1.16 bits per heavy atom. The quantitative estimate of drug-likeness (QED) is 0.405. The third kappa shape index (κ3) is 4.95. The van der Waals surface area contributed by atoms with Gasteiger partial charge >= 0.3 is 0 Å². The number of rotatable bonds is 8. The molecule has 1 saturated carbocycles. The van der Waals surface area contributed by atoms with Gasteiger partial charge in [0.1, 0.15) is 0 Å². The Kier molecular flexibility index (Phi) is 6.48. The third-order valence-corrected chi connectivity index (χ3v) is 6.04. The Morgan fingerprint density at radius 2 is 1.94 bits per heavy atom. The molecule has 2 aromatic heterocycles. The van der Waals surface area contributed by atoms with E-state index in [-0.39, 0.29) is 17.7 Å². The lowest BCUT2D eigenvalue weighted by molar-refractivity contribution is -0.117. The maximum atomic E-state index is 12.2. The van der Waals surface area contributed by atoms with Crippen LogP contribution in [0.3, 0.4) is 0 Å². The second-order valence-corrected chi connectivity index (χ2v) is 8.58. The lowest BCUT2D eigenvalue weighted by atomic mass is 9.87. The number of hydrogen-bond acceptors (Lipinski definition) is 6. The van der Waals surface area contributed by atoms with Gasteiger partial charge in [0.2, 0.25) is 5.91 Å². The molecule has 7 nitrogen and oxygen atoms in total. The molecular formula is C25H29N5O2. The van der Waals surface area contributed by atoms with E-state index in [2.05, 4.69) is 15.3 Å². The molecule has 0 bridgehead atoms. The number of anilines is 2. The number of benzene rings is 1. The topological polar surface area (TPSA) is 127 Å². The van der Waals surface area contributed by atoms with Crippen molar-refractivity contribution in [1.82, 2.24) is 9.97 Å². The van der Waals surface area contributed by atoms with Crippen LogP contribution in [0.15, 0.2) is 61.2 Å². The number of nitrogens with zero attached hydrogens (tertiary/aromatic N) is 2. The summed E-state index contributed by atoms with van der Waals surface area (Å²) in [7, 11) is 0. The van der Waals surface area contributed by atoms with Crippen LogP contribution in [0.4, 0.5) is 11.4 Å². The normalized spacial score (nSPS) is 16.2. The number of aliphatic hydroxyl groups excluding tert-OH is 1. The lowest BCUT2D eigenvalue weighted by Crippen LogP contribution is -2.33. The smallest absolute Gasteiger partial charge is 0.227 e. The van der Waals surface area contributed by atoms with E-state index in [1.54, 1.807) is 30.9 Å². The number of hydrogen-bond donors (Lipinski definition) is 4. The van der Waals surface area contributed by atoms with Gasteiger partial charge in [0, 0.05) is 42.1 Å². The van der Waals surface area contributed by atoms with Gasteiger partial charge in [-0.1, -0.05) is 19.1 Å². The number of aromatic nitrogens is 2. The van der Waals surface area contributed by atoms with Crippen LogP contribution in [0.2, 0.25) is 0 Å². The molecular weight excluding hydrogens is 402 g/mol. The molecule has 166 valence electrons. The van der Waals surface area contributed by atoms with Crippen molar-refractivity contribution < 1.29 is 9.90 Å². The van der Waals surface area contributed by atoms with E-state index < -0.39 is 12.1 Å². The van der Waals surface area contributed by atoms with Crippen molar-refractivity contribution in [2.24, 2.45) is 17.6 Å². The Labute approximate surface area is 187 Å². The molecule has 32 heavy (non-hydrogen) atoms. The van der Waals surface area contributed by atoms with E-state index in [1.807, 2.05) is 37.3 Å². The summed E-state index contributed by atoms with van der Waals surface area (Å²) in [4.78, 5) is 20.6. The van der Waals surface area contributed by atoms with Crippen LogP contribution in [0.25, 0.3) is 11.1 Å². The van der Waals surface area contributed by atoms with Crippen molar-refractivity contribution in [2.75, 3.05) is 11.1 Å². The predicted molar refractivity (Wildman–Crippen MR) is 125 cm³/mol. The summed E-state index contributed by atoms with van der Waals surface area (Å²) >= 11 is 0. The number of amides is 1. The third-order valence-electron chi connectivity index (χ3n) is 6.04. The van der Waals surface area contributed by atoms with Crippen LogP contribution in [-0.4, -0.2) is 27.1 Å². The van der Waals surface area contributed by atoms with E-state index in [0.29, 0.717) is 17.7 Å². The van der Waals surface area contributed by atoms with E-state index in [4.69, 9.17) is 11.5 Å². The van der Waals surface area contributed by atoms with Crippen LogP contribution in [-0.2, 0) is 11.2 Å². The standard InChI is InChI=1S/C25H29N5O2/c1-15(11-19-14-29-10-8-22(19)30-25(32)16-4-5-16)24(31)23(27)20-12-17(6-7-21(20)26)18-3-2-9-28-13-18/h2-3,6-10,12-16,23-24,31H,4-5,11,26-27H2,1H3,(H,29,30,32)/t15-,23?,24?/m0/s1. The van der Waals surface area contributed by atoms with Gasteiger partial charge < -0.3 is 21.9 Å². The second-order valence-electron chi connectivity index (χ2n) is 8.58. The number of nitrogens with one attached hydrogen (secondary N) is 1. The molecule has 1 amide bonds. The van der Waals surface area contributed by atoms with Crippen molar-refractivity contribution in [3.05, 3.63) is 72.3 Å². The van der Waals surface area contributed by atoms with Crippen LogP contribution in [0, 0.1) is 11.8 Å². The molecule has 0 aliphatic heterocycles. The summed E-state index contributed by atoms with van der Waals surface area (Å²) < 4.78 is 0. The lowest BCUT2D eigenvalue weighted by Gasteiger charge is -2.27. The molecule has 0 spiro atoms. The maximum Gasteiger partial charge on any atom is 0.227 e. The van der Waals surface area contributed by atoms with Gasteiger partial charge in [-0.3, -0.25) is 14.8 Å². The molecule has 3 aromatic rings. The number of pyridine rings is 2. The van der Waals surface area contributed by atoms with E-state index in [9.17, 15) is 9.90 Å². The first kappa shape index (κ1) is 21.9. The highest BCUT2D eigenvalue weighted by Crippen LogP contribution is 2.33. The van der Waals surface area contributed by atoms with Crippen LogP contribution >= 0.6 is 0 Å². The highest BCUT2D eigenvalue weighted by atomic mass is 16.3. The summed E-state index contributed by atoms with van der Waals surface area (Å²) in [5.74, 6) is -0.0305. The summed E-state index contributed by atoms with van der Waals surface area (Å²) in [6, 6.07) is 10.6. The fourth-order valence-corrected chi connectivity index (χ4v) is 3.87. The molecule has 6 N–H and O–H groups in total. The number of carbonyl (C=O) groups is 1. The Bertz CT molecular complexity index is 1080. The number of nitrogens with two attached hydrogens (primary N) is 2. The molecule has 1 aromatic carbocycles. The molecule has 0 radical (unpaired) electrons.